The van der Waals surface area contributed by atoms with Gasteiger partial charge in [-0.05, 0) is 24.5 Å². The molecular weight excluding hydrogens is 168 g/mol. The van der Waals surface area contributed by atoms with Crippen molar-refractivity contribution in [1.82, 2.24) is 0 Å². The molecule has 0 N–H and O–H groups in total. The van der Waals surface area contributed by atoms with Crippen LogP contribution in [0.2, 0.25) is 0 Å². The second-order valence-corrected chi connectivity index (χ2v) is 2.93. The molecule has 1 aromatic carbocycles. The van der Waals surface area contributed by atoms with Crippen LogP contribution in [0, 0.1) is 0 Å². The van der Waals surface area contributed by atoms with Gasteiger partial charge in [0.05, 0.1) is 0 Å². The minimum Gasteiger partial charge on any atom is -0.0871 e. The molecule has 0 aliphatic rings. The van der Waals surface area contributed by atoms with Gasteiger partial charge in [-0.25, -0.2) is 0 Å². The van der Waals surface area contributed by atoms with E-state index in [1.807, 2.05) is 13.0 Å². The Hall–Kier alpha value is -1.30. The van der Waals surface area contributed by atoms with Crippen molar-refractivity contribution in [3.63, 3.8) is 0 Å². The van der Waals surface area contributed by atoms with Gasteiger partial charge in [-0.1, -0.05) is 62.9 Å². The predicted octanol–water partition coefficient (Wildman–Crippen LogP) is 4.69. The lowest BCUT2D eigenvalue weighted by atomic mass is 10.0. The lowest BCUT2D eigenvalue weighted by Gasteiger charge is -2.00. The summed E-state index contributed by atoms with van der Waals surface area (Å²) < 4.78 is 0. The van der Waals surface area contributed by atoms with Crippen molar-refractivity contribution in [3.8, 4) is 0 Å². The third kappa shape index (κ3) is 3.61. The Labute approximate surface area is 88.0 Å². The monoisotopic (exact) mass is 188 g/mol. The van der Waals surface area contributed by atoms with Crippen LogP contribution in [0.5, 0.6) is 0 Å². The Morgan fingerprint density at radius 2 is 1.86 bits per heavy atom. The first-order chi connectivity index (χ1) is 6.38. The molecule has 76 valence electrons. The maximum Gasteiger partial charge on any atom is -0.0187 e. The smallest absolute Gasteiger partial charge is 0.0187 e. The topological polar surface area (TPSA) is 0 Å². The van der Waals surface area contributed by atoms with Crippen LogP contribution in [0.25, 0.3) is 5.57 Å². The van der Waals surface area contributed by atoms with Gasteiger partial charge in [-0.3, -0.25) is 0 Å². The van der Waals surface area contributed by atoms with Crippen molar-refractivity contribution in [1.29, 1.82) is 0 Å². The molecule has 0 radical (unpaired) electrons. The van der Waals surface area contributed by atoms with E-state index >= 15 is 0 Å². The Morgan fingerprint density at radius 1 is 1.21 bits per heavy atom. The minimum atomic E-state index is 0. The van der Waals surface area contributed by atoms with E-state index in [9.17, 15) is 0 Å². The zero-order chi connectivity index (χ0) is 9.52. The molecule has 0 saturated carbocycles. The summed E-state index contributed by atoms with van der Waals surface area (Å²) in [6, 6.07) is 10.5. The van der Waals surface area contributed by atoms with E-state index in [4.69, 9.17) is 0 Å². The van der Waals surface area contributed by atoms with Gasteiger partial charge >= 0.3 is 0 Å². The van der Waals surface area contributed by atoms with Crippen LogP contribution in [0.15, 0.2) is 48.6 Å². The molecule has 0 nitrogen and oxygen atoms in total. The summed E-state index contributed by atoms with van der Waals surface area (Å²) in [6.07, 6.45) is 7.55. The van der Waals surface area contributed by atoms with Gasteiger partial charge in [-0.15, -0.1) is 0 Å². The summed E-state index contributed by atoms with van der Waals surface area (Å²) in [4.78, 5) is 0. The summed E-state index contributed by atoms with van der Waals surface area (Å²) in [5, 5.41) is 0. The highest BCUT2D eigenvalue weighted by molar-refractivity contribution is 5.73. The Kier molecular flexibility index (Phi) is 6.47. The van der Waals surface area contributed by atoms with E-state index in [0.717, 1.165) is 6.42 Å². The van der Waals surface area contributed by atoms with E-state index in [1.165, 1.54) is 11.1 Å². The highest BCUT2D eigenvalue weighted by atomic mass is 14.0. The maximum absolute atomic E-state index is 2.25. The first kappa shape index (κ1) is 12.7. The predicted molar refractivity (Wildman–Crippen MR) is 66.3 cm³/mol. The molecule has 1 aromatic rings. The normalized spacial score (nSPS) is 11.4. The molecule has 0 fully saturated rings. The SMILES string of the molecule is C.C/C=C\C(=C/CC)c1ccccc1. The fraction of sp³-hybridized carbons (Fsp3) is 0.286. The zero-order valence-corrected chi connectivity index (χ0v) is 8.33. The van der Waals surface area contributed by atoms with Gasteiger partial charge < -0.3 is 0 Å². The highest BCUT2D eigenvalue weighted by Crippen LogP contribution is 2.15. The van der Waals surface area contributed by atoms with E-state index < -0.39 is 0 Å². The second-order valence-electron chi connectivity index (χ2n) is 2.93. The van der Waals surface area contributed by atoms with Crippen molar-refractivity contribution >= 4 is 5.57 Å². The molecule has 1 rings (SSSR count). The molecule has 0 amide bonds. The van der Waals surface area contributed by atoms with Crippen molar-refractivity contribution < 1.29 is 0 Å². The zero-order valence-electron chi connectivity index (χ0n) is 8.33. The summed E-state index contributed by atoms with van der Waals surface area (Å²) in [5.41, 5.74) is 2.60. The first-order valence-corrected chi connectivity index (χ1v) is 4.76. The second kappa shape index (κ2) is 7.14. The number of hydrogen-bond donors (Lipinski definition) is 0. The quantitative estimate of drug-likeness (QED) is 0.603. The molecule has 0 saturated heterocycles. The van der Waals surface area contributed by atoms with Crippen LogP contribution in [0.4, 0.5) is 0 Å². The molecule has 0 spiro atoms. The summed E-state index contributed by atoms with van der Waals surface area (Å²) in [5.74, 6) is 0. The molecule has 0 aliphatic carbocycles. The van der Waals surface area contributed by atoms with Gasteiger partial charge in [0.15, 0.2) is 0 Å². The van der Waals surface area contributed by atoms with Gasteiger partial charge in [-0.2, -0.15) is 0 Å². The van der Waals surface area contributed by atoms with Crippen molar-refractivity contribution in [2.75, 3.05) is 0 Å². The number of allylic oxidation sites excluding steroid dienone is 4. The standard InChI is InChI=1S/C13H16.CH4/c1-3-8-12(9-4-2)13-10-6-5-7-11-13;/h3,5-11H,4H2,1-2H3;1H4/b8-3-,12-9+;. The molecule has 0 unspecified atom stereocenters. The largest absolute Gasteiger partial charge is 0.0871 e. The van der Waals surface area contributed by atoms with E-state index in [2.05, 4.69) is 49.4 Å². The molecule has 0 heterocycles. The minimum absolute atomic E-state index is 0. The van der Waals surface area contributed by atoms with Gasteiger partial charge in [0.1, 0.15) is 0 Å². The Balaban J connectivity index is 0.00000169. The van der Waals surface area contributed by atoms with E-state index in [0.29, 0.717) is 0 Å². The summed E-state index contributed by atoms with van der Waals surface area (Å²) in [6.45, 7) is 4.21. The third-order valence-electron chi connectivity index (χ3n) is 1.88. The molecular formula is C14H20. The average Bonchev–Trinajstić information content (AvgIpc) is 2.19. The van der Waals surface area contributed by atoms with Crippen LogP contribution in [-0.4, -0.2) is 0 Å². The third-order valence-corrected chi connectivity index (χ3v) is 1.88. The molecule has 14 heavy (non-hydrogen) atoms. The average molecular weight is 188 g/mol. The first-order valence-electron chi connectivity index (χ1n) is 4.76. The molecule has 0 atom stereocenters. The van der Waals surface area contributed by atoms with Crippen LogP contribution >= 0.6 is 0 Å². The summed E-state index contributed by atoms with van der Waals surface area (Å²) in [7, 11) is 0. The van der Waals surface area contributed by atoms with Crippen LogP contribution < -0.4 is 0 Å². The van der Waals surface area contributed by atoms with Crippen molar-refractivity contribution in [2.45, 2.75) is 27.7 Å². The Bertz CT molecular complexity index is 291. The lowest BCUT2D eigenvalue weighted by molar-refractivity contribution is 1.23. The Morgan fingerprint density at radius 3 is 2.36 bits per heavy atom. The molecule has 0 heteroatoms. The van der Waals surface area contributed by atoms with Gasteiger partial charge in [0, 0.05) is 0 Å². The van der Waals surface area contributed by atoms with Gasteiger partial charge in [0.25, 0.3) is 0 Å². The fourth-order valence-electron chi connectivity index (χ4n) is 1.31. The van der Waals surface area contributed by atoms with E-state index in [-0.39, 0.29) is 7.43 Å². The maximum atomic E-state index is 2.25. The van der Waals surface area contributed by atoms with Crippen molar-refractivity contribution in [3.05, 3.63) is 54.1 Å². The highest BCUT2D eigenvalue weighted by Gasteiger charge is 1.93. The van der Waals surface area contributed by atoms with Crippen LogP contribution in [0.3, 0.4) is 0 Å². The van der Waals surface area contributed by atoms with Gasteiger partial charge in [0.2, 0.25) is 0 Å². The number of rotatable bonds is 3. The molecule has 0 bridgehead atoms. The lowest BCUT2D eigenvalue weighted by Crippen LogP contribution is -1.79. The van der Waals surface area contributed by atoms with Crippen LogP contribution in [0.1, 0.15) is 33.3 Å². The molecule has 0 aromatic heterocycles. The molecule has 0 aliphatic heterocycles. The fourth-order valence-corrected chi connectivity index (χ4v) is 1.31. The van der Waals surface area contributed by atoms with E-state index in [1.54, 1.807) is 0 Å². The van der Waals surface area contributed by atoms with Crippen molar-refractivity contribution in [2.24, 2.45) is 0 Å². The number of hydrogen-bond acceptors (Lipinski definition) is 0. The number of benzene rings is 1. The summed E-state index contributed by atoms with van der Waals surface area (Å²) >= 11 is 0. The van der Waals surface area contributed by atoms with Crippen LogP contribution in [-0.2, 0) is 0 Å².